The van der Waals surface area contributed by atoms with E-state index >= 15 is 0 Å². The highest BCUT2D eigenvalue weighted by atomic mass is 16.4. The van der Waals surface area contributed by atoms with Crippen LogP contribution in [-0.2, 0) is 4.79 Å². The molecule has 0 aromatic rings. The fraction of sp³-hybridized carbons (Fsp3) is 0.929. The molecule has 0 aliphatic heterocycles. The van der Waals surface area contributed by atoms with E-state index in [1.165, 1.54) is 0 Å². The van der Waals surface area contributed by atoms with E-state index < -0.39 is 17.5 Å². The molecule has 0 saturated heterocycles. The average molecular weight is 242 g/mol. The van der Waals surface area contributed by atoms with E-state index in [0.29, 0.717) is 18.8 Å². The van der Waals surface area contributed by atoms with Crippen molar-refractivity contribution in [2.75, 3.05) is 0 Å². The van der Waals surface area contributed by atoms with Crippen LogP contribution in [0.5, 0.6) is 0 Å². The number of hydrogen-bond donors (Lipinski definition) is 2. The molecule has 0 aromatic carbocycles. The van der Waals surface area contributed by atoms with Gasteiger partial charge in [0.05, 0.1) is 11.5 Å². The molecule has 2 N–H and O–H groups in total. The highest BCUT2D eigenvalue weighted by Gasteiger charge is 2.41. The fourth-order valence-corrected chi connectivity index (χ4v) is 2.88. The summed E-state index contributed by atoms with van der Waals surface area (Å²) in [6.07, 6.45) is 4.18. The second-order valence-electron chi connectivity index (χ2n) is 6.66. The Morgan fingerprint density at radius 3 is 2.35 bits per heavy atom. The van der Waals surface area contributed by atoms with Gasteiger partial charge < -0.3 is 10.2 Å². The van der Waals surface area contributed by atoms with Gasteiger partial charge in [-0.05, 0) is 43.9 Å². The summed E-state index contributed by atoms with van der Waals surface area (Å²) in [5.41, 5.74) is -0.760. The first-order valence-electron chi connectivity index (χ1n) is 6.62. The molecule has 1 fully saturated rings. The second kappa shape index (κ2) is 4.97. The van der Waals surface area contributed by atoms with Gasteiger partial charge >= 0.3 is 5.97 Å². The molecule has 100 valence electrons. The maximum atomic E-state index is 11.0. The zero-order valence-electron chi connectivity index (χ0n) is 11.5. The summed E-state index contributed by atoms with van der Waals surface area (Å²) < 4.78 is 0. The molecule has 3 heteroatoms. The Labute approximate surface area is 104 Å². The lowest BCUT2D eigenvalue weighted by Crippen LogP contribution is -2.40. The van der Waals surface area contributed by atoms with E-state index in [9.17, 15) is 9.90 Å². The molecule has 0 radical (unpaired) electrons. The third kappa shape index (κ3) is 3.44. The maximum absolute atomic E-state index is 11.0. The molecule has 0 amide bonds. The largest absolute Gasteiger partial charge is 0.481 e. The number of carboxylic acid groups (broad SMARTS) is 1. The van der Waals surface area contributed by atoms with Crippen LogP contribution in [-0.4, -0.2) is 21.8 Å². The predicted molar refractivity (Wildman–Crippen MR) is 67.8 cm³/mol. The smallest absolute Gasteiger partial charge is 0.309 e. The van der Waals surface area contributed by atoms with E-state index in [1.807, 2.05) is 0 Å². The van der Waals surface area contributed by atoms with Crippen molar-refractivity contribution >= 4 is 5.97 Å². The van der Waals surface area contributed by atoms with E-state index in [0.717, 1.165) is 19.3 Å². The Morgan fingerprint density at radius 1 is 1.29 bits per heavy atom. The van der Waals surface area contributed by atoms with Gasteiger partial charge in [-0.25, -0.2) is 0 Å². The van der Waals surface area contributed by atoms with Gasteiger partial charge in [-0.1, -0.05) is 27.2 Å². The Balaban J connectivity index is 2.73. The van der Waals surface area contributed by atoms with Crippen LogP contribution in [0.4, 0.5) is 0 Å². The third-order valence-corrected chi connectivity index (χ3v) is 4.49. The summed E-state index contributed by atoms with van der Waals surface area (Å²) >= 11 is 0. The first-order chi connectivity index (χ1) is 7.67. The fourth-order valence-electron chi connectivity index (χ4n) is 2.88. The molecule has 3 unspecified atom stereocenters. The molecule has 0 aromatic heterocycles. The standard InChI is InChI=1S/C14H26O3/c1-10(12(15)16)14(17)8-5-6-11(7-9-14)13(2,3)4/h10-11,17H,5-9H2,1-4H3,(H,15,16). The van der Waals surface area contributed by atoms with Crippen LogP contribution in [0.15, 0.2) is 0 Å². The Morgan fingerprint density at radius 2 is 1.88 bits per heavy atom. The number of aliphatic carboxylic acids is 1. The van der Waals surface area contributed by atoms with Gasteiger partial charge in [-0.2, -0.15) is 0 Å². The van der Waals surface area contributed by atoms with E-state index in [4.69, 9.17) is 5.11 Å². The molecule has 3 nitrogen and oxygen atoms in total. The van der Waals surface area contributed by atoms with Crippen LogP contribution in [0.25, 0.3) is 0 Å². The summed E-state index contributed by atoms with van der Waals surface area (Å²) in [5.74, 6) is -0.972. The molecule has 0 bridgehead atoms. The zero-order valence-corrected chi connectivity index (χ0v) is 11.5. The van der Waals surface area contributed by atoms with Crippen molar-refractivity contribution in [2.45, 2.75) is 65.4 Å². The van der Waals surface area contributed by atoms with E-state index in [-0.39, 0.29) is 5.41 Å². The number of carboxylic acids is 1. The van der Waals surface area contributed by atoms with Crippen LogP contribution in [0.1, 0.15) is 59.8 Å². The Bertz CT molecular complexity index is 280. The molecule has 1 aliphatic carbocycles. The van der Waals surface area contributed by atoms with Gasteiger partial charge in [-0.15, -0.1) is 0 Å². The monoisotopic (exact) mass is 242 g/mol. The second-order valence-corrected chi connectivity index (χ2v) is 6.66. The quantitative estimate of drug-likeness (QED) is 0.732. The first-order valence-corrected chi connectivity index (χ1v) is 6.62. The van der Waals surface area contributed by atoms with Gasteiger partial charge in [0.25, 0.3) is 0 Å². The summed E-state index contributed by atoms with van der Waals surface area (Å²) in [6, 6.07) is 0. The highest BCUT2D eigenvalue weighted by Crippen LogP contribution is 2.42. The lowest BCUT2D eigenvalue weighted by molar-refractivity contribution is -0.152. The minimum absolute atomic E-state index is 0.248. The van der Waals surface area contributed by atoms with Crippen LogP contribution < -0.4 is 0 Å². The maximum Gasteiger partial charge on any atom is 0.309 e. The Hall–Kier alpha value is -0.570. The van der Waals surface area contributed by atoms with E-state index in [2.05, 4.69) is 20.8 Å². The normalized spacial score (nSPS) is 32.9. The topological polar surface area (TPSA) is 57.5 Å². The number of aliphatic hydroxyl groups is 1. The molecule has 17 heavy (non-hydrogen) atoms. The van der Waals surface area contributed by atoms with Crippen LogP contribution in [0.2, 0.25) is 0 Å². The lowest BCUT2D eigenvalue weighted by Gasteiger charge is -2.32. The average Bonchev–Trinajstić information content (AvgIpc) is 2.39. The summed E-state index contributed by atoms with van der Waals surface area (Å²) in [5, 5.41) is 19.5. The van der Waals surface area contributed by atoms with Crippen molar-refractivity contribution in [3.8, 4) is 0 Å². The number of hydrogen-bond acceptors (Lipinski definition) is 2. The van der Waals surface area contributed by atoms with Crippen molar-refractivity contribution in [1.82, 2.24) is 0 Å². The molecule has 1 rings (SSSR count). The molecule has 0 heterocycles. The van der Waals surface area contributed by atoms with Crippen molar-refractivity contribution in [3.63, 3.8) is 0 Å². The summed E-state index contributed by atoms with van der Waals surface area (Å²) in [6.45, 7) is 8.30. The minimum atomic E-state index is -1.01. The van der Waals surface area contributed by atoms with Crippen LogP contribution >= 0.6 is 0 Å². The van der Waals surface area contributed by atoms with Crippen LogP contribution in [0, 0.1) is 17.3 Å². The summed E-state index contributed by atoms with van der Waals surface area (Å²) in [7, 11) is 0. The van der Waals surface area contributed by atoms with Gasteiger partial charge in [-0.3, -0.25) is 4.79 Å². The lowest BCUT2D eigenvalue weighted by atomic mass is 9.75. The van der Waals surface area contributed by atoms with Crippen molar-refractivity contribution in [3.05, 3.63) is 0 Å². The predicted octanol–water partition coefficient (Wildman–Crippen LogP) is 3.06. The highest BCUT2D eigenvalue weighted by molar-refractivity contribution is 5.71. The molecule has 0 spiro atoms. The minimum Gasteiger partial charge on any atom is -0.481 e. The zero-order chi connectivity index (χ0) is 13.3. The SMILES string of the molecule is CC(C(=O)O)C1(O)CCCC(C(C)(C)C)CC1. The molecule has 1 saturated carbocycles. The van der Waals surface area contributed by atoms with Crippen LogP contribution in [0.3, 0.4) is 0 Å². The van der Waals surface area contributed by atoms with Gasteiger partial charge in [0, 0.05) is 0 Å². The first kappa shape index (κ1) is 14.5. The molecule has 1 aliphatic rings. The molecule has 3 atom stereocenters. The van der Waals surface area contributed by atoms with Crippen molar-refractivity contribution in [2.24, 2.45) is 17.3 Å². The molecular weight excluding hydrogens is 216 g/mol. The van der Waals surface area contributed by atoms with Gasteiger partial charge in [0.2, 0.25) is 0 Å². The Kier molecular flexibility index (Phi) is 4.23. The van der Waals surface area contributed by atoms with Crippen molar-refractivity contribution < 1.29 is 15.0 Å². The number of carbonyl (C=O) groups is 1. The third-order valence-electron chi connectivity index (χ3n) is 4.49. The molecular formula is C14H26O3. The van der Waals surface area contributed by atoms with Gasteiger partial charge in [0.1, 0.15) is 0 Å². The van der Waals surface area contributed by atoms with E-state index in [1.54, 1.807) is 6.92 Å². The summed E-state index contributed by atoms with van der Waals surface area (Å²) in [4.78, 5) is 11.0. The van der Waals surface area contributed by atoms with Gasteiger partial charge in [0.15, 0.2) is 0 Å². The number of rotatable bonds is 2. The van der Waals surface area contributed by atoms with Crippen molar-refractivity contribution in [1.29, 1.82) is 0 Å².